The van der Waals surface area contributed by atoms with E-state index in [0.717, 1.165) is 13.0 Å². The predicted molar refractivity (Wildman–Crippen MR) is 74.5 cm³/mol. The number of ether oxygens (including phenoxy) is 2. The first-order chi connectivity index (χ1) is 9.71. The summed E-state index contributed by atoms with van der Waals surface area (Å²) in [7, 11) is 1.48. The zero-order valence-electron chi connectivity index (χ0n) is 11.1. The molecule has 0 unspecified atom stereocenters. The Morgan fingerprint density at radius 3 is 2.70 bits per heavy atom. The third-order valence-corrected chi connectivity index (χ3v) is 2.41. The fraction of sp³-hybridized carbons (Fsp3) is 0.333. The normalized spacial score (nSPS) is 10.2. The number of rotatable bonds is 6. The molecule has 0 spiro atoms. The van der Waals surface area contributed by atoms with Crippen LogP contribution in [0.25, 0.3) is 0 Å². The molecule has 0 aliphatic rings. The quantitative estimate of drug-likeness (QED) is 0.877. The Morgan fingerprint density at radius 2 is 2.00 bits per heavy atom. The second-order valence-corrected chi connectivity index (χ2v) is 4.23. The van der Waals surface area contributed by atoms with Crippen LogP contribution in [-0.4, -0.2) is 33.6 Å². The highest BCUT2D eigenvalue weighted by Gasteiger charge is 2.09. The highest BCUT2D eigenvalue weighted by Crippen LogP contribution is 2.22. The van der Waals surface area contributed by atoms with Crippen molar-refractivity contribution < 1.29 is 9.47 Å². The molecule has 0 amide bonds. The van der Waals surface area contributed by atoms with Crippen molar-refractivity contribution in [2.75, 3.05) is 19.0 Å². The standard InChI is InChI=1S/C12H14ClN5O2/c1-3-4-15-10-16-11(19-2)18-12(17-10)20-9-5-8(13)6-14-7-9/h5-7H,3-4H2,1-2H3,(H,15,16,17,18). The molecule has 2 aromatic heterocycles. The minimum absolute atomic E-state index is 0.111. The summed E-state index contributed by atoms with van der Waals surface area (Å²) in [4.78, 5) is 16.1. The molecule has 2 rings (SSSR count). The van der Waals surface area contributed by atoms with E-state index in [0.29, 0.717) is 16.7 Å². The smallest absolute Gasteiger partial charge is 0.330 e. The molecule has 2 aromatic rings. The molecule has 106 valence electrons. The monoisotopic (exact) mass is 295 g/mol. The van der Waals surface area contributed by atoms with E-state index in [-0.39, 0.29) is 12.0 Å². The molecule has 0 radical (unpaired) electrons. The van der Waals surface area contributed by atoms with E-state index in [4.69, 9.17) is 21.1 Å². The molecule has 20 heavy (non-hydrogen) atoms. The van der Waals surface area contributed by atoms with Crippen molar-refractivity contribution in [3.8, 4) is 17.8 Å². The van der Waals surface area contributed by atoms with Gasteiger partial charge in [-0.3, -0.25) is 4.98 Å². The molecule has 0 saturated heterocycles. The Balaban J connectivity index is 2.21. The molecule has 7 nitrogen and oxygen atoms in total. The maximum atomic E-state index is 5.84. The number of pyridine rings is 1. The lowest BCUT2D eigenvalue weighted by Crippen LogP contribution is -2.07. The van der Waals surface area contributed by atoms with Gasteiger partial charge in [-0.2, -0.15) is 9.97 Å². The highest BCUT2D eigenvalue weighted by atomic mass is 35.5. The summed E-state index contributed by atoms with van der Waals surface area (Å²) in [5.74, 6) is 0.830. The summed E-state index contributed by atoms with van der Waals surface area (Å²) in [6, 6.07) is 1.90. The lowest BCUT2D eigenvalue weighted by Gasteiger charge is -2.08. The molecular weight excluding hydrogens is 282 g/mol. The summed E-state index contributed by atoms with van der Waals surface area (Å²) in [6.07, 6.45) is 3.97. The van der Waals surface area contributed by atoms with Crippen LogP contribution < -0.4 is 14.8 Å². The first-order valence-electron chi connectivity index (χ1n) is 6.03. The molecule has 8 heteroatoms. The van der Waals surface area contributed by atoms with Crippen LogP contribution in [0.2, 0.25) is 5.02 Å². The van der Waals surface area contributed by atoms with Gasteiger partial charge in [0.15, 0.2) is 5.75 Å². The Kier molecular flexibility index (Phi) is 4.89. The number of nitrogens with one attached hydrogen (secondary N) is 1. The maximum Gasteiger partial charge on any atom is 0.330 e. The number of nitrogens with zero attached hydrogens (tertiary/aromatic N) is 4. The summed E-state index contributed by atoms with van der Waals surface area (Å²) in [5, 5.41) is 3.51. The van der Waals surface area contributed by atoms with Gasteiger partial charge < -0.3 is 14.8 Å². The van der Waals surface area contributed by atoms with Gasteiger partial charge in [0, 0.05) is 18.8 Å². The summed E-state index contributed by atoms with van der Waals surface area (Å²) in [6.45, 7) is 2.78. The second kappa shape index (κ2) is 6.85. The van der Waals surface area contributed by atoms with Gasteiger partial charge in [-0.25, -0.2) is 0 Å². The molecule has 0 bridgehead atoms. The fourth-order valence-electron chi connectivity index (χ4n) is 1.34. The Hall–Kier alpha value is -2.15. The lowest BCUT2D eigenvalue weighted by atomic mass is 10.5. The van der Waals surface area contributed by atoms with Crippen molar-refractivity contribution in [2.45, 2.75) is 13.3 Å². The van der Waals surface area contributed by atoms with Crippen LogP contribution in [0.15, 0.2) is 18.5 Å². The van der Waals surface area contributed by atoms with Crippen molar-refractivity contribution in [1.82, 2.24) is 19.9 Å². The Bertz CT molecular complexity index is 582. The molecule has 1 N–H and O–H groups in total. The zero-order valence-corrected chi connectivity index (χ0v) is 11.9. The molecule has 0 aromatic carbocycles. The third-order valence-electron chi connectivity index (χ3n) is 2.20. The molecule has 0 atom stereocenters. The Labute approximate surface area is 121 Å². The topological polar surface area (TPSA) is 82.1 Å². The molecule has 0 saturated carbocycles. The van der Waals surface area contributed by atoms with Crippen LogP contribution >= 0.6 is 11.6 Å². The first kappa shape index (κ1) is 14.3. The zero-order chi connectivity index (χ0) is 14.4. The molecule has 0 aliphatic heterocycles. The van der Waals surface area contributed by atoms with Crippen LogP contribution in [0.3, 0.4) is 0 Å². The van der Waals surface area contributed by atoms with Gasteiger partial charge >= 0.3 is 12.0 Å². The SMILES string of the molecule is CCCNc1nc(OC)nc(Oc2cncc(Cl)c2)n1. The third kappa shape index (κ3) is 3.92. The van der Waals surface area contributed by atoms with Crippen molar-refractivity contribution in [3.05, 3.63) is 23.5 Å². The van der Waals surface area contributed by atoms with Crippen molar-refractivity contribution >= 4 is 17.5 Å². The number of methoxy groups -OCH3 is 1. The molecule has 0 fully saturated rings. The van der Waals surface area contributed by atoms with E-state index in [9.17, 15) is 0 Å². The van der Waals surface area contributed by atoms with Crippen LogP contribution in [0.1, 0.15) is 13.3 Å². The first-order valence-corrected chi connectivity index (χ1v) is 6.41. The van der Waals surface area contributed by atoms with Gasteiger partial charge in [-0.1, -0.05) is 18.5 Å². The van der Waals surface area contributed by atoms with Crippen molar-refractivity contribution in [1.29, 1.82) is 0 Å². The van der Waals surface area contributed by atoms with E-state index in [1.165, 1.54) is 19.5 Å². The minimum Gasteiger partial charge on any atom is -0.467 e. The van der Waals surface area contributed by atoms with Crippen LogP contribution in [-0.2, 0) is 0 Å². The van der Waals surface area contributed by atoms with Crippen LogP contribution in [0, 0.1) is 0 Å². The molecule has 2 heterocycles. The number of hydrogen-bond acceptors (Lipinski definition) is 7. The number of anilines is 1. The van der Waals surface area contributed by atoms with Crippen LogP contribution in [0.5, 0.6) is 17.8 Å². The average Bonchev–Trinajstić information content (AvgIpc) is 2.45. The van der Waals surface area contributed by atoms with Crippen molar-refractivity contribution in [2.24, 2.45) is 0 Å². The maximum absolute atomic E-state index is 5.84. The van der Waals surface area contributed by atoms with Gasteiger partial charge in [0.1, 0.15) is 0 Å². The summed E-state index contributed by atoms with van der Waals surface area (Å²) >= 11 is 5.84. The van der Waals surface area contributed by atoms with Crippen LogP contribution in [0.4, 0.5) is 5.95 Å². The van der Waals surface area contributed by atoms with Gasteiger partial charge in [-0.05, 0) is 6.42 Å². The number of halogens is 1. The minimum atomic E-state index is 0.111. The average molecular weight is 296 g/mol. The van der Waals surface area contributed by atoms with Gasteiger partial charge in [0.25, 0.3) is 0 Å². The predicted octanol–water partition coefficient (Wildman–Crippen LogP) is 2.54. The van der Waals surface area contributed by atoms with Gasteiger partial charge in [0.2, 0.25) is 5.95 Å². The number of aromatic nitrogens is 4. The van der Waals surface area contributed by atoms with Crippen molar-refractivity contribution in [3.63, 3.8) is 0 Å². The summed E-state index contributed by atoms with van der Waals surface area (Å²) < 4.78 is 10.5. The molecule has 0 aliphatic carbocycles. The molecular formula is C12H14ClN5O2. The number of hydrogen-bond donors (Lipinski definition) is 1. The second-order valence-electron chi connectivity index (χ2n) is 3.80. The van der Waals surface area contributed by atoms with E-state index in [2.05, 4.69) is 25.3 Å². The largest absolute Gasteiger partial charge is 0.467 e. The highest BCUT2D eigenvalue weighted by molar-refractivity contribution is 6.30. The van der Waals surface area contributed by atoms with E-state index < -0.39 is 0 Å². The van der Waals surface area contributed by atoms with E-state index >= 15 is 0 Å². The van der Waals surface area contributed by atoms with Gasteiger partial charge in [-0.15, -0.1) is 4.98 Å². The van der Waals surface area contributed by atoms with E-state index in [1.807, 2.05) is 6.92 Å². The van der Waals surface area contributed by atoms with E-state index in [1.54, 1.807) is 6.07 Å². The lowest BCUT2D eigenvalue weighted by molar-refractivity contribution is 0.360. The summed E-state index contributed by atoms with van der Waals surface area (Å²) in [5.41, 5.74) is 0. The van der Waals surface area contributed by atoms with Gasteiger partial charge in [0.05, 0.1) is 18.3 Å². The Morgan fingerprint density at radius 1 is 1.20 bits per heavy atom. The fourth-order valence-corrected chi connectivity index (χ4v) is 1.51.